The third-order valence-electron chi connectivity index (χ3n) is 4.79. The monoisotopic (exact) mass is 450 g/mol. The first-order valence-corrected chi connectivity index (χ1v) is 11.3. The first kappa shape index (κ1) is 20.0. The van der Waals surface area contributed by atoms with Crippen LogP contribution in [0.5, 0.6) is 0 Å². The third kappa shape index (κ3) is 4.59. The van der Waals surface area contributed by atoms with E-state index in [0.717, 1.165) is 29.3 Å². The van der Waals surface area contributed by atoms with E-state index in [9.17, 15) is 13.2 Å². The lowest BCUT2D eigenvalue weighted by atomic mass is 10.1. The van der Waals surface area contributed by atoms with Crippen molar-refractivity contribution in [1.82, 2.24) is 9.62 Å². The van der Waals surface area contributed by atoms with Gasteiger partial charge in [0.05, 0.1) is 10.9 Å². The summed E-state index contributed by atoms with van der Waals surface area (Å²) < 4.78 is 27.8. The largest absolute Gasteiger partial charge is 0.345 e. The minimum Gasteiger partial charge on any atom is -0.345 e. The van der Waals surface area contributed by atoms with Gasteiger partial charge in [-0.15, -0.1) is 0 Å². The van der Waals surface area contributed by atoms with E-state index in [-0.39, 0.29) is 16.8 Å². The molecule has 1 heterocycles. The molecule has 7 heteroatoms. The lowest BCUT2D eigenvalue weighted by Gasteiger charge is -2.25. The van der Waals surface area contributed by atoms with Gasteiger partial charge in [0.15, 0.2) is 0 Å². The highest BCUT2D eigenvalue weighted by Crippen LogP contribution is 2.24. The number of hydrogen-bond acceptors (Lipinski definition) is 3. The molecule has 1 N–H and O–H groups in total. The molecule has 0 saturated carbocycles. The lowest BCUT2D eigenvalue weighted by molar-refractivity contribution is 0.0939. The molecule has 0 aromatic heterocycles. The molecule has 27 heavy (non-hydrogen) atoms. The summed E-state index contributed by atoms with van der Waals surface area (Å²) >= 11 is 3.49. The Labute approximate surface area is 169 Å². The highest BCUT2D eigenvalue weighted by atomic mass is 79.9. The molecule has 5 nitrogen and oxygen atoms in total. The number of sulfonamides is 1. The minimum atomic E-state index is -3.48. The number of amides is 1. The molecule has 1 unspecified atom stereocenters. The van der Waals surface area contributed by atoms with Crippen LogP contribution in [0.15, 0.2) is 57.9 Å². The number of piperidine rings is 1. The van der Waals surface area contributed by atoms with Crippen LogP contribution in [0.1, 0.15) is 48.1 Å². The summed E-state index contributed by atoms with van der Waals surface area (Å²) in [5.74, 6) is -0.236. The highest BCUT2D eigenvalue weighted by molar-refractivity contribution is 9.10. The average Bonchev–Trinajstić information content (AvgIpc) is 2.69. The Morgan fingerprint density at radius 3 is 2.30 bits per heavy atom. The minimum absolute atomic E-state index is 0.176. The van der Waals surface area contributed by atoms with Crippen LogP contribution in [0, 0.1) is 0 Å². The van der Waals surface area contributed by atoms with E-state index < -0.39 is 10.0 Å². The molecular weight excluding hydrogens is 428 g/mol. The van der Waals surface area contributed by atoms with Gasteiger partial charge in [0.25, 0.3) is 5.91 Å². The molecule has 1 fully saturated rings. The molecule has 1 atom stereocenters. The number of nitrogens with zero attached hydrogens (tertiary/aromatic N) is 1. The van der Waals surface area contributed by atoms with E-state index in [1.165, 1.54) is 16.4 Å². The van der Waals surface area contributed by atoms with Crippen LogP contribution in [0.2, 0.25) is 0 Å². The topological polar surface area (TPSA) is 66.5 Å². The number of carbonyl (C=O) groups excluding carboxylic acids is 1. The molecule has 1 aliphatic heterocycles. The zero-order valence-corrected chi connectivity index (χ0v) is 17.6. The van der Waals surface area contributed by atoms with Crippen molar-refractivity contribution in [1.29, 1.82) is 0 Å². The number of benzene rings is 2. The number of hydrogen-bond donors (Lipinski definition) is 1. The van der Waals surface area contributed by atoms with Crippen molar-refractivity contribution < 1.29 is 13.2 Å². The molecule has 2 aromatic rings. The van der Waals surface area contributed by atoms with Gasteiger partial charge in [-0.1, -0.05) is 40.5 Å². The van der Waals surface area contributed by atoms with Crippen LogP contribution in [0.3, 0.4) is 0 Å². The van der Waals surface area contributed by atoms with E-state index >= 15 is 0 Å². The maximum absolute atomic E-state index is 12.7. The van der Waals surface area contributed by atoms with Crippen molar-refractivity contribution in [2.45, 2.75) is 37.1 Å². The average molecular weight is 451 g/mol. The Bertz CT molecular complexity index is 907. The molecule has 1 saturated heterocycles. The third-order valence-corrected chi connectivity index (χ3v) is 7.42. The van der Waals surface area contributed by atoms with Crippen molar-refractivity contribution in [3.63, 3.8) is 0 Å². The van der Waals surface area contributed by atoms with Crippen molar-refractivity contribution >= 4 is 31.9 Å². The summed E-state index contributed by atoms with van der Waals surface area (Å²) in [6.07, 6.45) is 2.86. The fourth-order valence-electron chi connectivity index (χ4n) is 3.22. The summed E-state index contributed by atoms with van der Waals surface area (Å²) in [5, 5.41) is 2.95. The Balaban J connectivity index is 1.71. The summed E-state index contributed by atoms with van der Waals surface area (Å²) in [6, 6.07) is 13.7. The van der Waals surface area contributed by atoms with Gasteiger partial charge < -0.3 is 5.32 Å². The summed E-state index contributed by atoms with van der Waals surface area (Å²) in [7, 11) is -3.48. The van der Waals surface area contributed by atoms with Gasteiger partial charge in [-0.05, 0) is 55.7 Å². The first-order valence-electron chi connectivity index (χ1n) is 9.05. The number of nitrogens with one attached hydrogen (secondary N) is 1. The Kier molecular flexibility index (Phi) is 6.34. The van der Waals surface area contributed by atoms with E-state index in [2.05, 4.69) is 21.2 Å². The quantitative estimate of drug-likeness (QED) is 0.744. The zero-order chi connectivity index (χ0) is 19.4. The number of carbonyl (C=O) groups is 1. The molecule has 2 aromatic carbocycles. The molecule has 0 spiro atoms. The van der Waals surface area contributed by atoms with E-state index in [1.807, 2.05) is 31.2 Å². The van der Waals surface area contributed by atoms with Crippen molar-refractivity contribution in [2.24, 2.45) is 0 Å². The van der Waals surface area contributed by atoms with Gasteiger partial charge in [0.1, 0.15) is 0 Å². The van der Waals surface area contributed by atoms with E-state index in [4.69, 9.17) is 0 Å². The predicted octanol–water partition coefficient (Wildman–Crippen LogP) is 4.11. The lowest BCUT2D eigenvalue weighted by Crippen LogP contribution is -2.35. The second-order valence-electron chi connectivity index (χ2n) is 6.71. The van der Waals surface area contributed by atoms with Crippen molar-refractivity contribution in [3.8, 4) is 0 Å². The van der Waals surface area contributed by atoms with E-state index in [0.29, 0.717) is 18.7 Å². The SMILES string of the molecule is CC(NC(=O)c1ccc(S(=O)(=O)N2CCCCC2)cc1)c1ccccc1Br. The second kappa shape index (κ2) is 8.54. The predicted molar refractivity (Wildman–Crippen MR) is 109 cm³/mol. The molecule has 1 aliphatic rings. The molecule has 3 rings (SSSR count). The molecule has 144 valence electrons. The molecule has 0 aliphatic carbocycles. The molecular formula is C20H23BrN2O3S. The van der Waals surface area contributed by atoms with Crippen LogP contribution in [0.4, 0.5) is 0 Å². The van der Waals surface area contributed by atoms with Gasteiger partial charge in [0, 0.05) is 23.1 Å². The zero-order valence-electron chi connectivity index (χ0n) is 15.2. The number of halogens is 1. The van der Waals surface area contributed by atoms with E-state index in [1.54, 1.807) is 12.1 Å². The highest BCUT2D eigenvalue weighted by Gasteiger charge is 2.26. The van der Waals surface area contributed by atoms with Gasteiger partial charge in [-0.3, -0.25) is 4.79 Å². The van der Waals surface area contributed by atoms with Gasteiger partial charge in [0.2, 0.25) is 10.0 Å². The Morgan fingerprint density at radius 2 is 1.67 bits per heavy atom. The van der Waals surface area contributed by atoms with Gasteiger partial charge in [-0.25, -0.2) is 8.42 Å². The van der Waals surface area contributed by atoms with Crippen LogP contribution in [-0.4, -0.2) is 31.7 Å². The van der Waals surface area contributed by atoms with Crippen LogP contribution in [0.25, 0.3) is 0 Å². The van der Waals surface area contributed by atoms with Gasteiger partial charge in [-0.2, -0.15) is 4.31 Å². The standard InChI is InChI=1S/C20H23BrN2O3S/c1-15(18-7-3-4-8-19(18)21)22-20(24)16-9-11-17(12-10-16)27(25,26)23-13-5-2-6-14-23/h3-4,7-12,15H,2,5-6,13-14H2,1H3,(H,22,24). The van der Waals surface area contributed by atoms with Gasteiger partial charge >= 0.3 is 0 Å². The maximum atomic E-state index is 12.7. The normalized spacial score (nSPS) is 16.7. The molecule has 0 bridgehead atoms. The second-order valence-corrected chi connectivity index (χ2v) is 9.50. The number of rotatable bonds is 5. The molecule has 0 radical (unpaired) electrons. The Hall–Kier alpha value is -1.70. The summed E-state index contributed by atoms with van der Waals surface area (Å²) in [6.45, 7) is 3.04. The molecule has 1 amide bonds. The van der Waals surface area contributed by atoms with Crippen molar-refractivity contribution in [2.75, 3.05) is 13.1 Å². The van der Waals surface area contributed by atoms with Crippen LogP contribution < -0.4 is 5.32 Å². The van der Waals surface area contributed by atoms with Crippen LogP contribution in [-0.2, 0) is 10.0 Å². The summed E-state index contributed by atoms with van der Waals surface area (Å²) in [4.78, 5) is 12.8. The summed E-state index contributed by atoms with van der Waals surface area (Å²) in [5.41, 5.74) is 1.42. The Morgan fingerprint density at radius 1 is 1.04 bits per heavy atom. The van der Waals surface area contributed by atoms with Crippen molar-refractivity contribution in [3.05, 3.63) is 64.1 Å². The maximum Gasteiger partial charge on any atom is 0.251 e. The smallest absolute Gasteiger partial charge is 0.251 e. The first-order chi connectivity index (χ1) is 12.9. The van der Waals surface area contributed by atoms with Crippen LogP contribution >= 0.6 is 15.9 Å². The fraction of sp³-hybridized carbons (Fsp3) is 0.350. The fourth-order valence-corrected chi connectivity index (χ4v) is 5.36.